The van der Waals surface area contributed by atoms with E-state index in [1.54, 1.807) is 6.92 Å². The molecule has 0 saturated heterocycles. The molecule has 1 aliphatic rings. The Morgan fingerprint density at radius 1 is 1.40 bits per heavy atom. The number of nitrogens with zero attached hydrogens (tertiary/aromatic N) is 1. The molecule has 2 rings (SSSR count). The lowest BCUT2D eigenvalue weighted by Gasteiger charge is -2.32. The van der Waals surface area contributed by atoms with Crippen LogP contribution in [-0.2, 0) is 16.6 Å². The first-order valence-electron chi connectivity index (χ1n) is 7.11. The van der Waals surface area contributed by atoms with E-state index in [-0.39, 0.29) is 17.6 Å². The van der Waals surface area contributed by atoms with Gasteiger partial charge in [0.2, 0.25) is 0 Å². The van der Waals surface area contributed by atoms with Crippen LogP contribution in [0, 0.1) is 18.8 Å². The lowest BCUT2D eigenvalue weighted by atomic mass is 9.80. The third kappa shape index (κ3) is 3.05. The van der Waals surface area contributed by atoms with Gasteiger partial charge in [0.15, 0.2) is 5.03 Å². The van der Waals surface area contributed by atoms with Crippen molar-refractivity contribution in [3.8, 4) is 0 Å². The maximum absolute atomic E-state index is 12.5. The first-order chi connectivity index (χ1) is 9.35. The predicted molar refractivity (Wildman–Crippen MR) is 77.5 cm³/mol. The Bertz CT molecular complexity index is 567. The highest BCUT2D eigenvalue weighted by Gasteiger charge is 2.31. The average Bonchev–Trinajstić information content (AvgIpc) is 2.74. The molecule has 1 fully saturated rings. The summed E-state index contributed by atoms with van der Waals surface area (Å²) in [5.74, 6) is 1.01. The van der Waals surface area contributed by atoms with Crippen molar-refractivity contribution in [2.24, 2.45) is 17.6 Å². The van der Waals surface area contributed by atoms with Gasteiger partial charge >= 0.3 is 0 Å². The molecule has 1 aromatic rings. The van der Waals surface area contributed by atoms with Crippen LogP contribution in [0.2, 0.25) is 0 Å². The smallest absolute Gasteiger partial charge is 0.260 e. The Labute approximate surface area is 120 Å². The minimum Gasteiger partial charge on any atom is -0.326 e. The molecule has 1 aliphatic carbocycles. The van der Waals surface area contributed by atoms with E-state index in [0.717, 1.165) is 19.3 Å². The number of H-pyrrole nitrogens is 1. The van der Waals surface area contributed by atoms with Crippen LogP contribution >= 0.6 is 0 Å². The summed E-state index contributed by atoms with van der Waals surface area (Å²) < 4.78 is 27.7. The Morgan fingerprint density at radius 3 is 2.70 bits per heavy atom. The summed E-state index contributed by atoms with van der Waals surface area (Å²) in [6, 6.07) is -0.0150. The maximum atomic E-state index is 12.5. The highest BCUT2D eigenvalue weighted by Crippen LogP contribution is 2.29. The molecule has 0 spiro atoms. The second-order valence-electron chi connectivity index (χ2n) is 5.96. The molecule has 6 nitrogen and oxygen atoms in total. The minimum atomic E-state index is -3.60. The normalized spacial score (nSPS) is 27.7. The van der Waals surface area contributed by atoms with Crippen molar-refractivity contribution in [3.05, 3.63) is 11.3 Å². The van der Waals surface area contributed by atoms with Crippen molar-refractivity contribution < 1.29 is 8.42 Å². The van der Waals surface area contributed by atoms with Gasteiger partial charge in [-0.2, -0.15) is 5.10 Å². The standard InChI is InChI=1S/C13H24N4O2S/c1-8-4-5-12(9(2)6-8)17-20(18,19)13-11(7-14)10(3)15-16-13/h8-9,12,17H,4-7,14H2,1-3H3,(H,15,16). The number of hydrogen-bond donors (Lipinski definition) is 3. The number of aryl methyl sites for hydroxylation is 1. The fourth-order valence-corrected chi connectivity index (χ4v) is 4.58. The molecular weight excluding hydrogens is 276 g/mol. The predicted octanol–water partition coefficient (Wildman–Crippen LogP) is 1.28. The van der Waals surface area contributed by atoms with Crippen LogP contribution in [0.4, 0.5) is 0 Å². The van der Waals surface area contributed by atoms with Crippen molar-refractivity contribution in [2.75, 3.05) is 0 Å². The summed E-state index contributed by atoms with van der Waals surface area (Å²) in [4.78, 5) is 0. The van der Waals surface area contributed by atoms with Crippen molar-refractivity contribution in [3.63, 3.8) is 0 Å². The molecule has 1 saturated carbocycles. The van der Waals surface area contributed by atoms with E-state index >= 15 is 0 Å². The number of aromatic nitrogens is 2. The van der Waals surface area contributed by atoms with Gasteiger partial charge in [-0.3, -0.25) is 5.10 Å². The van der Waals surface area contributed by atoms with Gasteiger partial charge < -0.3 is 5.73 Å². The van der Waals surface area contributed by atoms with Crippen LogP contribution in [-0.4, -0.2) is 24.7 Å². The molecule has 114 valence electrons. The lowest BCUT2D eigenvalue weighted by molar-refractivity contribution is 0.249. The van der Waals surface area contributed by atoms with Gasteiger partial charge in [-0.15, -0.1) is 0 Å². The third-order valence-electron chi connectivity index (χ3n) is 4.23. The van der Waals surface area contributed by atoms with Gasteiger partial charge in [0, 0.05) is 23.8 Å². The van der Waals surface area contributed by atoms with Crippen LogP contribution in [0.5, 0.6) is 0 Å². The molecule has 0 aliphatic heterocycles. The number of nitrogens with one attached hydrogen (secondary N) is 2. The highest BCUT2D eigenvalue weighted by atomic mass is 32.2. The molecule has 0 radical (unpaired) electrons. The number of aromatic amines is 1. The molecule has 0 amide bonds. The van der Waals surface area contributed by atoms with Gasteiger partial charge in [0.1, 0.15) is 0 Å². The van der Waals surface area contributed by atoms with Crippen molar-refractivity contribution in [2.45, 2.75) is 57.6 Å². The SMILES string of the molecule is Cc1[nH]nc(S(=O)(=O)NC2CCC(C)CC2C)c1CN. The van der Waals surface area contributed by atoms with Gasteiger partial charge in [0.25, 0.3) is 10.0 Å². The van der Waals surface area contributed by atoms with Gasteiger partial charge in [-0.1, -0.05) is 13.8 Å². The van der Waals surface area contributed by atoms with E-state index in [9.17, 15) is 8.42 Å². The van der Waals surface area contributed by atoms with E-state index in [4.69, 9.17) is 5.73 Å². The van der Waals surface area contributed by atoms with Crippen molar-refractivity contribution >= 4 is 10.0 Å². The van der Waals surface area contributed by atoms with E-state index < -0.39 is 10.0 Å². The number of rotatable bonds is 4. The monoisotopic (exact) mass is 300 g/mol. The minimum absolute atomic E-state index is 0.0150. The Hall–Kier alpha value is -0.920. The summed E-state index contributed by atoms with van der Waals surface area (Å²) in [6.45, 7) is 6.25. The van der Waals surface area contributed by atoms with Gasteiger partial charge in [0.05, 0.1) is 0 Å². The van der Waals surface area contributed by atoms with Crippen molar-refractivity contribution in [1.82, 2.24) is 14.9 Å². The number of sulfonamides is 1. The number of nitrogens with two attached hydrogens (primary N) is 1. The fraction of sp³-hybridized carbons (Fsp3) is 0.769. The molecule has 20 heavy (non-hydrogen) atoms. The Balaban J connectivity index is 2.19. The van der Waals surface area contributed by atoms with Gasteiger partial charge in [-0.05, 0) is 38.0 Å². The van der Waals surface area contributed by atoms with Crippen LogP contribution < -0.4 is 10.5 Å². The van der Waals surface area contributed by atoms with E-state index in [1.165, 1.54) is 0 Å². The van der Waals surface area contributed by atoms with Crippen LogP contribution in [0.15, 0.2) is 5.03 Å². The largest absolute Gasteiger partial charge is 0.326 e. The summed E-state index contributed by atoms with van der Waals surface area (Å²) in [5.41, 5.74) is 6.89. The molecular formula is C13H24N4O2S. The second-order valence-corrected chi connectivity index (χ2v) is 7.59. The highest BCUT2D eigenvalue weighted by molar-refractivity contribution is 7.89. The lowest BCUT2D eigenvalue weighted by Crippen LogP contribution is -2.42. The first-order valence-corrected chi connectivity index (χ1v) is 8.59. The molecule has 1 heterocycles. The summed E-state index contributed by atoms with van der Waals surface area (Å²) >= 11 is 0. The molecule has 3 unspecified atom stereocenters. The Morgan fingerprint density at radius 2 is 2.10 bits per heavy atom. The topological polar surface area (TPSA) is 101 Å². The molecule has 3 atom stereocenters. The Kier molecular flexibility index (Phi) is 4.51. The molecule has 0 bridgehead atoms. The summed E-state index contributed by atoms with van der Waals surface area (Å²) in [5, 5.41) is 6.65. The van der Waals surface area contributed by atoms with E-state index in [1.807, 2.05) is 0 Å². The molecule has 1 aromatic heterocycles. The molecule has 0 aromatic carbocycles. The van der Waals surface area contributed by atoms with Crippen molar-refractivity contribution in [1.29, 1.82) is 0 Å². The summed E-state index contributed by atoms with van der Waals surface area (Å²) in [7, 11) is -3.60. The second kappa shape index (κ2) is 5.83. The van der Waals surface area contributed by atoms with E-state index in [0.29, 0.717) is 23.1 Å². The van der Waals surface area contributed by atoms with Crippen LogP contribution in [0.3, 0.4) is 0 Å². The quantitative estimate of drug-likeness (QED) is 0.779. The van der Waals surface area contributed by atoms with Crippen LogP contribution in [0.1, 0.15) is 44.4 Å². The molecule has 4 N–H and O–H groups in total. The first kappa shape index (κ1) is 15.5. The summed E-state index contributed by atoms with van der Waals surface area (Å²) in [6.07, 6.45) is 2.99. The van der Waals surface area contributed by atoms with Gasteiger partial charge in [-0.25, -0.2) is 13.1 Å². The maximum Gasteiger partial charge on any atom is 0.260 e. The van der Waals surface area contributed by atoms with Crippen LogP contribution in [0.25, 0.3) is 0 Å². The zero-order valence-electron chi connectivity index (χ0n) is 12.3. The van der Waals surface area contributed by atoms with E-state index in [2.05, 4.69) is 28.8 Å². The zero-order chi connectivity index (χ0) is 14.9. The third-order valence-corrected chi connectivity index (χ3v) is 5.69. The molecule has 7 heteroatoms. The fourth-order valence-electron chi connectivity index (χ4n) is 2.99. The number of hydrogen-bond acceptors (Lipinski definition) is 4. The zero-order valence-corrected chi connectivity index (χ0v) is 13.1. The average molecular weight is 300 g/mol.